The van der Waals surface area contributed by atoms with Gasteiger partial charge < -0.3 is 25.3 Å². The predicted octanol–water partition coefficient (Wildman–Crippen LogP) is 5.74. The number of piperazine rings is 1. The molecule has 1 aliphatic carbocycles. The summed E-state index contributed by atoms with van der Waals surface area (Å²) in [5.74, 6) is 0.0881. The van der Waals surface area contributed by atoms with Crippen LogP contribution in [-0.4, -0.2) is 87.9 Å². The maximum absolute atomic E-state index is 14.4. The van der Waals surface area contributed by atoms with E-state index in [2.05, 4.69) is 57.1 Å². The molecule has 3 fully saturated rings. The van der Waals surface area contributed by atoms with Crippen LogP contribution in [0.4, 0.5) is 9.18 Å². The molecule has 0 aromatic heterocycles. The van der Waals surface area contributed by atoms with E-state index in [0.29, 0.717) is 31.8 Å². The summed E-state index contributed by atoms with van der Waals surface area (Å²) >= 11 is 0. The Labute approximate surface area is 270 Å². The van der Waals surface area contributed by atoms with Crippen LogP contribution in [0.15, 0.2) is 24.3 Å². The molecule has 0 bridgehead atoms. The van der Waals surface area contributed by atoms with E-state index >= 15 is 0 Å². The van der Waals surface area contributed by atoms with Crippen LogP contribution in [-0.2, 0) is 16.0 Å². The van der Waals surface area contributed by atoms with Crippen LogP contribution < -0.4 is 10.6 Å². The van der Waals surface area contributed by atoms with Crippen molar-refractivity contribution in [2.24, 2.45) is 11.3 Å². The Morgan fingerprint density at radius 3 is 1.96 bits per heavy atom. The van der Waals surface area contributed by atoms with Gasteiger partial charge in [-0.1, -0.05) is 31.4 Å². The number of carbonyl (C=O) groups is 3. The van der Waals surface area contributed by atoms with E-state index in [1.807, 2.05) is 23.6 Å². The third kappa shape index (κ3) is 7.66. The first kappa shape index (κ1) is 35.2. The van der Waals surface area contributed by atoms with Crippen molar-refractivity contribution in [1.29, 1.82) is 0 Å². The minimum Gasteiger partial charge on any atom is -0.341 e. The highest BCUT2D eigenvalue weighted by Crippen LogP contribution is 2.48. The van der Waals surface area contributed by atoms with Gasteiger partial charge in [0.1, 0.15) is 11.9 Å². The van der Waals surface area contributed by atoms with Crippen LogP contribution in [0.3, 0.4) is 0 Å². The largest absolute Gasteiger partial charge is 0.341 e. The zero-order valence-electron chi connectivity index (χ0n) is 28.9. The van der Waals surface area contributed by atoms with E-state index in [-0.39, 0.29) is 66.3 Å². The van der Waals surface area contributed by atoms with Crippen LogP contribution in [0.25, 0.3) is 0 Å². The summed E-state index contributed by atoms with van der Waals surface area (Å²) in [7, 11) is 0. The molecule has 9 heteroatoms. The van der Waals surface area contributed by atoms with Crippen molar-refractivity contribution >= 4 is 17.8 Å². The van der Waals surface area contributed by atoms with Crippen LogP contribution in [0.5, 0.6) is 0 Å². The molecule has 4 amide bonds. The number of nitrogens with zero attached hydrogens (tertiary/aromatic N) is 3. The third-order valence-electron chi connectivity index (χ3n) is 11.2. The lowest BCUT2D eigenvalue weighted by atomic mass is 9.62. The lowest BCUT2D eigenvalue weighted by Crippen LogP contribution is -2.68. The minimum absolute atomic E-state index is 0.0558. The standard InChI is InChI=1S/C36H58FN5O3/c1-23(2)41(24(3)4)34(44)36(30-12-10-9-11-13-30)18-20-40(21-19-36)33(43)32(22-29-14-16-31(37)17-15-29)39-35(45)42-27(7)25(5)38-26(6)28(42)8/h14-17,23-28,30,32,38H,9-13,18-22H2,1-8H3,(H,39,45)/t25?,26?,27?,28?,32-/m1/s1. The maximum atomic E-state index is 14.4. The number of piperidine rings is 1. The Morgan fingerprint density at radius 1 is 0.911 bits per heavy atom. The first-order valence-corrected chi connectivity index (χ1v) is 17.5. The summed E-state index contributed by atoms with van der Waals surface area (Å²) in [6, 6.07) is 5.39. The second-order valence-electron chi connectivity index (χ2n) is 14.7. The minimum atomic E-state index is -0.802. The highest BCUT2D eigenvalue weighted by atomic mass is 19.1. The molecular weight excluding hydrogens is 569 g/mol. The number of rotatable bonds is 8. The number of hydrogen-bond donors (Lipinski definition) is 2. The molecule has 0 radical (unpaired) electrons. The second-order valence-corrected chi connectivity index (χ2v) is 14.7. The molecule has 5 atom stereocenters. The average Bonchev–Trinajstić information content (AvgIpc) is 3.00. The molecule has 2 saturated heterocycles. The quantitative estimate of drug-likeness (QED) is 0.385. The lowest BCUT2D eigenvalue weighted by molar-refractivity contribution is -0.157. The van der Waals surface area contributed by atoms with E-state index < -0.39 is 11.5 Å². The van der Waals surface area contributed by atoms with E-state index in [9.17, 15) is 18.8 Å². The zero-order chi connectivity index (χ0) is 33.1. The van der Waals surface area contributed by atoms with Crippen molar-refractivity contribution in [2.45, 2.75) is 149 Å². The fourth-order valence-corrected chi connectivity index (χ4v) is 8.32. The fraction of sp³-hybridized carbons (Fsp3) is 0.750. The Balaban J connectivity index is 1.57. The Hall–Kier alpha value is -2.68. The fourth-order valence-electron chi connectivity index (χ4n) is 8.32. The van der Waals surface area contributed by atoms with Crippen LogP contribution in [0.2, 0.25) is 0 Å². The van der Waals surface area contributed by atoms with Crippen molar-refractivity contribution in [2.75, 3.05) is 13.1 Å². The van der Waals surface area contributed by atoms with Gasteiger partial charge in [0.15, 0.2) is 0 Å². The summed E-state index contributed by atoms with van der Waals surface area (Å²) in [6.07, 6.45) is 7.18. The molecule has 1 aromatic rings. The predicted molar refractivity (Wildman–Crippen MR) is 177 cm³/mol. The number of hydrogen-bond acceptors (Lipinski definition) is 4. The monoisotopic (exact) mass is 627 g/mol. The molecule has 4 unspecified atom stereocenters. The molecule has 4 rings (SSSR count). The molecule has 252 valence electrons. The number of urea groups is 1. The van der Waals surface area contributed by atoms with Gasteiger partial charge in [0.05, 0.1) is 5.41 Å². The topological polar surface area (TPSA) is 85.0 Å². The number of amides is 4. The zero-order valence-corrected chi connectivity index (χ0v) is 28.9. The smallest absolute Gasteiger partial charge is 0.318 e. The summed E-state index contributed by atoms with van der Waals surface area (Å²) in [5, 5.41) is 6.64. The van der Waals surface area contributed by atoms with Gasteiger partial charge in [0.25, 0.3) is 0 Å². The Kier molecular flexibility index (Phi) is 11.6. The van der Waals surface area contributed by atoms with Crippen molar-refractivity contribution in [3.63, 3.8) is 0 Å². The second kappa shape index (κ2) is 14.8. The molecule has 3 aliphatic rings. The number of carbonyl (C=O) groups excluding carboxylic acids is 3. The molecule has 8 nitrogen and oxygen atoms in total. The third-order valence-corrected chi connectivity index (χ3v) is 11.2. The van der Waals surface area contributed by atoms with Crippen LogP contribution in [0.1, 0.15) is 106 Å². The summed E-state index contributed by atoms with van der Waals surface area (Å²) in [4.78, 5) is 48.4. The summed E-state index contributed by atoms with van der Waals surface area (Å²) in [6.45, 7) is 17.5. The van der Waals surface area contributed by atoms with Crippen molar-refractivity contribution in [3.05, 3.63) is 35.6 Å². The highest BCUT2D eigenvalue weighted by molar-refractivity contribution is 5.88. The molecule has 0 spiro atoms. The van der Waals surface area contributed by atoms with Gasteiger partial charge in [-0.3, -0.25) is 9.59 Å². The van der Waals surface area contributed by atoms with Gasteiger partial charge in [-0.2, -0.15) is 0 Å². The van der Waals surface area contributed by atoms with Crippen LogP contribution in [0, 0.1) is 17.2 Å². The number of nitrogens with one attached hydrogen (secondary N) is 2. The summed E-state index contributed by atoms with van der Waals surface area (Å²) < 4.78 is 13.7. The highest BCUT2D eigenvalue weighted by Gasteiger charge is 2.51. The first-order valence-electron chi connectivity index (χ1n) is 17.5. The molecule has 1 aromatic carbocycles. The van der Waals surface area contributed by atoms with Gasteiger partial charge in [-0.15, -0.1) is 0 Å². The van der Waals surface area contributed by atoms with Crippen molar-refractivity contribution < 1.29 is 18.8 Å². The maximum Gasteiger partial charge on any atom is 0.318 e. The molecule has 2 heterocycles. The Morgan fingerprint density at radius 2 is 1.44 bits per heavy atom. The van der Waals surface area contributed by atoms with E-state index in [4.69, 9.17) is 0 Å². The number of likely N-dealkylation sites (tertiary alicyclic amines) is 1. The number of benzene rings is 1. The van der Waals surface area contributed by atoms with E-state index in [0.717, 1.165) is 31.2 Å². The molecule has 45 heavy (non-hydrogen) atoms. The van der Waals surface area contributed by atoms with Crippen molar-refractivity contribution in [1.82, 2.24) is 25.3 Å². The molecule has 2 N–H and O–H groups in total. The van der Waals surface area contributed by atoms with Gasteiger partial charge in [-0.05, 0) is 105 Å². The normalized spacial score (nSPS) is 26.6. The molecule has 1 saturated carbocycles. The van der Waals surface area contributed by atoms with Crippen molar-refractivity contribution in [3.8, 4) is 0 Å². The first-order chi connectivity index (χ1) is 21.3. The Bertz CT molecular complexity index is 1140. The van der Waals surface area contributed by atoms with Crippen LogP contribution >= 0.6 is 0 Å². The van der Waals surface area contributed by atoms with E-state index in [1.54, 1.807) is 12.1 Å². The molecule has 2 aliphatic heterocycles. The SMILES string of the molecule is CC1NC(C)C(C)N(C(=O)N[C@H](Cc2ccc(F)cc2)C(=O)N2CCC(C(=O)N(C(C)C)C(C)C)(C3CCCCC3)CC2)C1C. The van der Waals surface area contributed by atoms with Gasteiger partial charge in [-0.25, -0.2) is 9.18 Å². The summed E-state index contributed by atoms with van der Waals surface area (Å²) in [5.41, 5.74) is 0.311. The van der Waals surface area contributed by atoms with Gasteiger partial charge >= 0.3 is 6.03 Å². The van der Waals surface area contributed by atoms with Gasteiger partial charge in [0.2, 0.25) is 11.8 Å². The van der Waals surface area contributed by atoms with E-state index in [1.165, 1.54) is 18.6 Å². The number of halogens is 1. The average molecular weight is 628 g/mol. The van der Waals surface area contributed by atoms with Gasteiger partial charge in [0, 0.05) is 55.8 Å². The lowest BCUT2D eigenvalue weighted by Gasteiger charge is -2.50. The molecular formula is C36H58FN5O3.